The van der Waals surface area contributed by atoms with Gasteiger partial charge in [0.1, 0.15) is 0 Å². The Hall–Kier alpha value is -4.19. The van der Waals surface area contributed by atoms with Gasteiger partial charge in [0.25, 0.3) is 5.91 Å². The molecule has 0 saturated carbocycles. The first-order valence-corrected chi connectivity index (χ1v) is 12.4. The van der Waals surface area contributed by atoms with Crippen LogP contribution in [0.15, 0.2) is 77.4 Å². The normalized spacial score (nSPS) is 16.3. The smallest absolute Gasteiger partial charge is 0.357 e. The number of carboxylic acids is 1. The molecular formula is C30H29N3O3. The summed E-state index contributed by atoms with van der Waals surface area (Å²) < 4.78 is 0. The lowest BCUT2D eigenvalue weighted by Gasteiger charge is -2.32. The van der Waals surface area contributed by atoms with E-state index in [1.54, 1.807) is 30.3 Å². The Bertz CT molecular complexity index is 1370. The molecule has 3 aromatic carbocycles. The van der Waals surface area contributed by atoms with Crippen molar-refractivity contribution < 1.29 is 14.7 Å². The Morgan fingerprint density at radius 1 is 0.972 bits per heavy atom. The van der Waals surface area contributed by atoms with Gasteiger partial charge in [0, 0.05) is 17.9 Å². The molecule has 0 atom stereocenters. The molecule has 3 aromatic rings. The largest absolute Gasteiger partial charge is 0.476 e. The predicted octanol–water partition coefficient (Wildman–Crippen LogP) is 5.77. The second kappa shape index (κ2) is 9.82. The topological polar surface area (TPSA) is 73.2 Å². The molecule has 0 unspecified atom stereocenters. The van der Waals surface area contributed by atoms with Crippen molar-refractivity contribution in [2.45, 2.75) is 39.5 Å². The summed E-state index contributed by atoms with van der Waals surface area (Å²) in [5, 5.41) is 15.0. The fourth-order valence-corrected chi connectivity index (χ4v) is 4.90. The molecule has 5 rings (SSSR count). The fourth-order valence-electron chi connectivity index (χ4n) is 4.90. The van der Waals surface area contributed by atoms with Crippen LogP contribution in [0.1, 0.15) is 42.5 Å². The molecule has 2 heterocycles. The van der Waals surface area contributed by atoms with E-state index in [9.17, 15) is 14.7 Å². The van der Waals surface area contributed by atoms with E-state index in [0.717, 1.165) is 48.5 Å². The molecule has 2 aliphatic rings. The molecule has 0 aliphatic carbocycles. The van der Waals surface area contributed by atoms with E-state index in [0.29, 0.717) is 5.69 Å². The van der Waals surface area contributed by atoms with Crippen LogP contribution >= 0.6 is 0 Å². The lowest BCUT2D eigenvalue weighted by atomic mass is 9.96. The number of carbonyl (C=O) groups is 2. The Labute approximate surface area is 211 Å². The van der Waals surface area contributed by atoms with Crippen molar-refractivity contribution in [1.82, 2.24) is 0 Å². The van der Waals surface area contributed by atoms with E-state index < -0.39 is 11.9 Å². The maximum atomic E-state index is 13.1. The lowest BCUT2D eigenvalue weighted by Crippen LogP contribution is -2.25. The maximum absolute atomic E-state index is 13.1. The quantitative estimate of drug-likeness (QED) is 0.456. The number of rotatable bonds is 6. The van der Waals surface area contributed by atoms with Crippen molar-refractivity contribution in [3.8, 4) is 0 Å². The molecular weight excluding hydrogens is 450 g/mol. The van der Waals surface area contributed by atoms with Crippen molar-refractivity contribution in [1.29, 1.82) is 0 Å². The first kappa shape index (κ1) is 23.5. The molecule has 2 aliphatic heterocycles. The molecule has 6 nitrogen and oxygen atoms in total. The summed E-state index contributed by atoms with van der Waals surface area (Å²) in [4.78, 5) is 27.4. The van der Waals surface area contributed by atoms with Crippen molar-refractivity contribution >= 4 is 40.7 Å². The van der Waals surface area contributed by atoms with Crippen molar-refractivity contribution in [3.05, 3.63) is 94.6 Å². The average Bonchev–Trinajstić information content (AvgIpc) is 3.24. The first-order valence-electron chi connectivity index (χ1n) is 12.4. The number of hydrazone groups is 1. The van der Waals surface area contributed by atoms with Crippen LogP contribution in [0, 0.1) is 0 Å². The van der Waals surface area contributed by atoms with Crippen LogP contribution in [0.5, 0.6) is 0 Å². The number of fused-ring (bicyclic) bond motifs is 1. The highest BCUT2D eigenvalue weighted by Crippen LogP contribution is 2.36. The van der Waals surface area contributed by atoms with Gasteiger partial charge in [-0.15, -0.1) is 0 Å². The van der Waals surface area contributed by atoms with Gasteiger partial charge < -0.3 is 10.0 Å². The Morgan fingerprint density at radius 2 is 1.69 bits per heavy atom. The summed E-state index contributed by atoms with van der Waals surface area (Å²) in [5.74, 6) is -1.67. The van der Waals surface area contributed by atoms with Gasteiger partial charge in [0.05, 0.1) is 11.3 Å². The minimum absolute atomic E-state index is 0.0854. The molecule has 1 N–H and O–H groups in total. The van der Waals surface area contributed by atoms with Crippen LogP contribution in [0.25, 0.3) is 6.08 Å². The minimum atomic E-state index is -1.22. The summed E-state index contributed by atoms with van der Waals surface area (Å²) in [5.41, 5.74) is 7.40. The third-order valence-electron chi connectivity index (χ3n) is 6.78. The van der Waals surface area contributed by atoms with Gasteiger partial charge in [-0.1, -0.05) is 44.2 Å². The zero-order valence-corrected chi connectivity index (χ0v) is 20.6. The summed E-state index contributed by atoms with van der Waals surface area (Å²) >= 11 is 0. The third-order valence-corrected chi connectivity index (χ3v) is 6.78. The highest BCUT2D eigenvalue weighted by atomic mass is 16.4. The number of hydrogen-bond donors (Lipinski definition) is 1. The van der Waals surface area contributed by atoms with E-state index in [2.05, 4.69) is 54.2 Å². The van der Waals surface area contributed by atoms with Crippen LogP contribution in [0.3, 0.4) is 0 Å². The predicted molar refractivity (Wildman–Crippen MR) is 144 cm³/mol. The zero-order valence-electron chi connectivity index (χ0n) is 20.6. The van der Waals surface area contributed by atoms with Crippen LogP contribution in [-0.4, -0.2) is 29.2 Å². The van der Waals surface area contributed by atoms with E-state index in [4.69, 9.17) is 0 Å². The molecule has 0 bridgehead atoms. The summed E-state index contributed by atoms with van der Waals surface area (Å²) in [6.07, 6.45) is 5.59. The SMILES string of the molecule is CCc1cc(CC)cc(N2CCCc3cc(/C=C4\C(=O)N(c5ccccc5)N=C4C(=O)O)ccc32)c1. The van der Waals surface area contributed by atoms with E-state index in [1.165, 1.54) is 22.4 Å². The number of amides is 1. The monoisotopic (exact) mass is 479 g/mol. The second-order valence-corrected chi connectivity index (χ2v) is 9.12. The molecule has 1 amide bonds. The number of hydrogen-bond acceptors (Lipinski definition) is 4. The highest BCUT2D eigenvalue weighted by molar-refractivity contribution is 6.53. The van der Waals surface area contributed by atoms with Gasteiger partial charge in [-0.25, -0.2) is 4.79 Å². The Kier molecular flexibility index (Phi) is 6.42. The highest BCUT2D eigenvalue weighted by Gasteiger charge is 2.35. The molecule has 0 radical (unpaired) electrons. The average molecular weight is 480 g/mol. The summed E-state index contributed by atoms with van der Waals surface area (Å²) in [6, 6.07) is 21.8. The first-order chi connectivity index (χ1) is 17.5. The Morgan fingerprint density at radius 3 is 2.36 bits per heavy atom. The molecule has 0 fully saturated rings. The molecule has 36 heavy (non-hydrogen) atoms. The number of aryl methyl sites for hydroxylation is 3. The van der Waals surface area contributed by atoms with Gasteiger partial charge in [-0.2, -0.15) is 10.1 Å². The van der Waals surface area contributed by atoms with Crippen LogP contribution in [0.4, 0.5) is 17.1 Å². The number of carbonyl (C=O) groups excluding carboxylic acids is 1. The van der Waals surface area contributed by atoms with Gasteiger partial charge in [0.15, 0.2) is 5.71 Å². The molecule has 0 aromatic heterocycles. The summed E-state index contributed by atoms with van der Waals surface area (Å²) in [7, 11) is 0. The van der Waals surface area contributed by atoms with Gasteiger partial charge in [-0.05, 0) is 90.4 Å². The Balaban J connectivity index is 1.50. The third kappa shape index (κ3) is 4.42. The van der Waals surface area contributed by atoms with Crippen molar-refractivity contribution in [3.63, 3.8) is 0 Å². The lowest BCUT2D eigenvalue weighted by molar-refractivity contribution is -0.129. The van der Waals surface area contributed by atoms with E-state index >= 15 is 0 Å². The van der Waals surface area contributed by atoms with Crippen LogP contribution in [-0.2, 0) is 28.9 Å². The maximum Gasteiger partial charge on any atom is 0.357 e. The number of aliphatic carboxylic acids is 1. The summed E-state index contributed by atoms with van der Waals surface area (Å²) in [6.45, 7) is 5.31. The number of benzene rings is 3. The number of carboxylic acid groups (broad SMARTS) is 1. The van der Waals surface area contributed by atoms with E-state index in [-0.39, 0.29) is 11.3 Å². The van der Waals surface area contributed by atoms with Crippen LogP contribution in [0.2, 0.25) is 0 Å². The molecule has 0 saturated heterocycles. The molecule has 182 valence electrons. The van der Waals surface area contributed by atoms with Crippen molar-refractivity contribution in [2.24, 2.45) is 5.10 Å². The number of nitrogens with zero attached hydrogens (tertiary/aromatic N) is 3. The molecule has 6 heteroatoms. The number of para-hydroxylation sites is 1. The standard InChI is InChI=1S/C30H29N3O3/c1-3-20-15-21(4-2)18-25(17-20)32-14-8-9-23-16-22(12-13-27(23)32)19-26-28(30(35)36)31-33(29(26)34)24-10-6-5-7-11-24/h5-7,10-13,15-19H,3-4,8-9,14H2,1-2H3,(H,35,36)/b26-19-. The second-order valence-electron chi connectivity index (χ2n) is 9.12. The van der Waals surface area contributed by atoms with Crippen LogP contribution < -0.4 is 9.91 Å². The van der Waals surface area contributed by atoms with Gasteiger partial charge in [-0.3, -0.25) is 4.79 Å². The number of anilines is 3. The minimum Gasteiger partial charge on any atom is -0.476 e. The fraction of sp³-hybridized carbons (Fsp3) is 0.233. The van der Waals surface area contributed by atoms with Gasteiger partial charge >= 0.3 is 5.97 Å². The zero-order chi connectivity index (χ0) is 25.2. The van der Waals surface area contributed by atoms with Crippen molar-refractivity contribution in [2.75, 3.05) is 16.5 Å². The van der Waals surface area contributed by atoms with E-state index in [1.807, 2.05) is 12.1 Å². The molecule has 0 spiro atoms. The van der Waals surface area contributed by atoms with Gasteiger partial charge in [0.2, 0.25) is 0 Å².